The smallest absolute Gasteiger partial charge is 0.161 e. The van der Waals surface area contributed by atoms with Crippen molar-refractivity contribution in [1.29, 1.82) is 0 Å². The van der Waals surface area contributed by atoms with Gasteiger partial charge in [-0.25, -0.2) is 13.2 Å². The molecule has 0 heterocycles. The summed E-state index contributed by atoms with van der Waals surface area (Å²) in [5, 5.41) is 0.532. The Bertz CT molecular complexity index is 628. The summed E-state index contributed by atoms with van der Waals surface area (Å²) in [5.74, 6) is -3.09. The Balaban J connectivity index is 2.53. The SMILES string of the molecule is Cc1c(Cl)cccc1C(Br)c1cc(F)c(F)cc1F. The van der Waals surface area contributed by atoms with Crippen LogP contribution in [0, 0.1) is 24.4 Å². The molecule has 0 aliphatic heterocycles. The van der Waals surface area contributed by atoms with E-state index in [1.165, 1.54) is 0 Å². The van der Waals surface area contributed by atoms with Gasteiger partial charge in [0.05, 0.1) is 4.83 Å². The molecule has 0 spiro atoms. The van der Waals surface area contributed by atoms with Crippen LogP contribution in [0.4, 0.5) is 13.2 Å². The van der Waals surface area contributed by atoms with Crippen LogP contribution in [0.25, 0.3) is 0 Å². The van der Waals surface area contributed by atoms with Gasteiger partial charge in [0.1, 0.15) is 5.82 Å². The molecule has 0 bridgehead atoms. The minimum atomic E-state index is -1.20. The van der Waals surface area contributed by atoms with Gasteiger partial charge in [-0.2, -0.15) is 0 Å². The zero-order valence-electron chi connectivity index (χ0n) is 9.85. The first-order valence-electron chi connectivity index (χ1n) is 5.45. The normalized spacial score (nSPS) is 12.5. The number of alkyl halides is 1. The molecule has 2 aromatic rings. The van der Waals surface area contributed by atoms with Gasteiger partial charge in [-0.05, 0) is 30.2 Å². The predicted molar refractivity (Wildman–Crippen MR) is 73.3 cm³/mol. The van der Waals surface area contributed by atoms with Crippen LogP contribution in [0.1, 0.15) is 21.5 Å². The van der Waals surface area contributed by atoms with Crippen molar-refractivity contribution < 1.29 is 13.2 Å². The Hall–Kier alpha value is -1.00. The van der Waals surface area contributed by atoms with E-state index in [-0.39, 0.29) is 5.56 Å². The van der Waals surface area contributed by atoms with Crippen molar-refractivity contribution >= 4 is 27.5 Å². The molecule has 0 fully saturated rings. The van der Waals surface area contributed by atoms with Crippen LogP contribution in [0.3, 0.4) is 0 Å². The predicted octanol–water partition coefficient (Wildman–Crippen LogP) is 5.55. The first-order chi connectivity index (χ1) is 8.91. The van der Waals surface area contributed by atoms with Crippen molar-refractivity contribution in [2.24, 2.45) is 0 Å². The third-order valence-electron chi connectivity index (χ3n) is 2.90. The summed E-state index contributed by atoms with van der Waals surface area (Å²) in [7, 11) is 0. The summed E-state index contributed by atoms with van der Waals surface area (Å²) in [6, 6.07) is 6.57. The first-order valence-corrected chi connectivity index (χ1v) is 6.74. The van der Waals surface area contributed by atoms with Gasteiger partial charge >= 0.3 is 0 Å². The van der Waals surface area contributed by atoms with Crippen LogP contribution >= 0.6 is 27.5 Å². The summed E-state index contributed by atoms with van der Waals surface area (Å²) < 4.78 is 39.9. The van der Waals surface area contributed by atoms with Gasteiger partial charge in [0, 0.05) is 16.7 Å². The Morgan fingerprint density at radius 2 is 1.63 bits per heavy atom. The number of rotatable bonds is 2. The van der Waals surface area contributed by atoms with Gasteiger partial charge in [0.25, 0.3) is 0 Å². The quantitative estimate of drug-likeness (QED) is 0.492. The summed E-state index contributed by atoms with van der Waals surface area (Å²) in [6.45, 7) is 1.78. The van der Waals surface area contributed by atoms with Crippen molar-refractivity contribution in [2.75, 3.05) is 0 Å². The molecule has 1 unspecified atom stereocenters. The van der Waals surface area contributed by atoms with E-state index in [9.17, 15) is 13.2 Å². The van der Waals surface area contributed by atoms with E-state index in [0.717, 1.165) is 11.6 Å². The zero-order chi connectivity index (χ0) is 14.2. The second kappa shape index (κ2) is 5.55. The van der Waals surface area contributed by atoms with Crippen molar-refractivity contribution in [3.05, 3.63) is 69.5 Å². The van der Waals surface area contributed by atoms with Gasteiger partial charge in [-0.15, -0.1) is 0 Å². The van der Waals surface area contributed by atoms with Gasteiger partial charge in [0.2, 0.25) is 0 Å². The fourth-order valence-corrected chi connectivity index (χ4v) is 2.83. The van der Waals surface area contributed by atoms with Crippen molar-refractivity contribution in [3.63, 3.8) is 0 Å². The van der Waals surface area contributed by atoms with E-state index in [1.807, 2.05) is 0 Å². The maximum absolute atomic E-state index is 13.7. The molecule has 0 nitrogen and oxygen atoms in total. The largest absolute Gasteiger partial charge is 0.207 e. The minimum absolute atomic E-state index is 0.0317. The summed E-state index contributed by atoms with van der Waals surface area (Å²) >= 11 is 9.29. The van der Waals surface area contributed by atoms with E-state index < -0.39 is 22.3 Å². The minimum Gasteiger partial charge on any atom is -0.207 e. The lowest BCUT2D eigenvalue weighted by Gasteiger charge is -2.15. The molecule has 5 heteroatoms. The van der Waals surface area contributed by atoms with Crippen LogP contribution in [0.2, 0.25) is 5.02 Å². The van der Waals surface area contributed by atoms with Gasteiger partial charge in [0.15, 0.2) is 11.6 Å². The van der Waals surface area contributed by atoms with E-state index in [4.69, 9.17) is 11.6 Å². The summed E-state index contributed by atoms with van der Waals surface area (Å²) in [4.78, 5) is -0.596. The Morgan fingerprint density at radius 3 is 2.32 bits per heavy atom. The molecular formula is C14H9BrClF3. The zero-order valence-corrected chi connectivity index (χ0v) is 12.2. The Labute approximate surface area is 122 Å². The molecule has 0 aliphatic carbocycles. The second-order valence-electron chi connectivity index (χ2n) is 4.10. The molecule has 0 saturated carbocycles. The van der Waals surface area contributed by atoms with Crippen LogP contribution in [0.15, 0.2) is 30.3 Å². The fraction of sp³-hybridized carbons (Fsp3) is 0.143. The molecule has 100 valence electrons. The van der Waals surface area contributed by atoms with E-state index in [1.54, 1.807) is 25.1 Å². The molecule has 0 N–H and O–H groups in total. The maximum atomic E-state index is 13.7. The molecule has 19 heavy (non-hydrogen) atoms. The first kappa shape index (κ1) is 14.4. The monoisotopic (exact) mass is 348 g/mol. The Morgan fingerprint density at radius 1 is 1.00 bits per heavy atom. The molecular weight excluding hydrogens is 341 g/mol. The molecule has 0 amide bonds. The van der Waals surface area contributed by atoms with E-state index in [0.29, 0.717) is 16.7 Å². The summed E-state index contributed by atoms with van der Waals surface area (Å²) in [5.41, 5.74) is 1.50. The van der Waals surface area contributed by atoms with Crippen LogP contribution in [-0.4, -0.2) is 0 Å². The molecule has 2 rings (SSSR count). The Kier molecular flexibility index (Phi) is 4.21. The van der Waals surface area contributed by atoms with Crippen LogP contribution in [0.5, 0.6) is 0 Å². The fourth-order valence-electron chi connectivity index (χ4n) is 1.80. The highest BCUT2D eigenvalue weighted by Crippen LogP contribution is 2.36. The van der Waals surface area contributed by atoms with E-state index in [2.05, 4.69) is 15.9 Å². The molecule has 2 aromatic carbocycles. The van der Waals surface area contributed by atoms with Crippen molar-refractivity contribution in [1.82, 2.24) is 0 Å². The number of hydrogen-bond acceptors (Lipinski definition) is 0. The lowest BCUT2D eigenvalue weighted by atomic mass is 10.00. The standard InChI is InChI=1S/C14H9BrClF3/c1-7-8(3-2-4-10(7)16)14(15)9-5-12(18)13(19)6-11(9)17/h2-6,14H,1H3. The third kappa shape index (κ3) is 2.79. The van der Waals surface area contributed by atoms with E-state index >= 15 is 0 Å². The van der Waals surface area contributed by atoms with Crippen molar-refractivity contribution in [2.45, 2.75) is 11.8 Å². The third-order valence-corrected chi connectivity index (χ3v) is 4.29. The van der Waals surface area contributed by atoms with Crippen molar-refractivity contribution in [3.8, 4) is 0 Å². The van der Waals surface area contributed by atoms with Crippen LogP contribution in [-0.2, 0) is 0 Å². The van der Waals surface area contributed by atoms with Crippen LogP contribution < -0.4 is 0 Å². The maximum Gasteiger partial charge on any atom is 0.161 e. The average Bonchev–Trinajstić information content (AvgIpc) is 2.36. The summed E-state index contributed by atoms with van der Waals surface area (Å²) in [6.07, 6.45) is 0. The molecule has 1 atom stereocenters. The molecule has 0 aliphatic rings. The molecule has 0 radical (unpaired) electrons. The highest BCUT2D eigenvalue weighted by molar-refractivity contribution is 9.09. The number of hydrogen-bond donors (Lipinski definition) is 0. The molecule has 0 saturated heterocycles. The highest BCUT2D eigenvalue weighted by Gasteiger charge is 2.20. The van der Waals surface area contributed by atoms with Gasteiger partial charge in [-0.3, -0.25) is 0 Å². The molecule has 0 aromatic heterocycles. The lowest BCUT2D eigenvalue weighted by molar-refractivity contribution is 0.491. The number of halogens is 5. The average molecular weight is 350 g/mol. The van der Waals surface area contributed by atoms with Gasteiger partial charge < -0.3 is 0 Å². The highest BCUT2D eigenvalue weighted by atomic mass is 79.9. The number of benzene rings is 2. The second-order valence-corrected chi connectivity index (χ2v) is 5.43. The van der Waals surface area contributed by atoms with Gasteiger partial charge in [-0.1, -0.05) is 39.7 Å². The lowest BCUT2D eigenvalue weighted by Crippen LogP contribution is -2.01. The topological polar surface area (TPSA) is 0 Å².